The molecule has 0 saturated heterocycles. The molecule has 0 saturated carbocycles. The van der Waals surface area contributed by atoms with Crippen molar-refractivity contribution < 1.29 is 18.0 Å². The van der Waals surface area contributed by atoms with Crippen molar-refractivity contribution >= 4 is 33.2 Å². The van der Waals surface area contributed by atoms with E-state index in [1.54, 1.807) is 0 Å². The molecule has 2 rings (SSSR count). The second-order valence-corrected chi connectivity index (χ2v) is 5.00. The van der Waals surface area contributed by atoms with E-state index < -0.39 is 23.4 Å². The standard InChI is InChI=1S/C14H10BrF3N2O/c1-19-13-11(17)4-7(5-12(13)18)14(21)20-8-2-3-10(16)9(15)6-8/h2-6,19H,1H3,(H,20,21). The van der Waals surface area contributed by atoms with Crippen molar-refractivity contribution in [3.05, 3.63) is 57.8 Å². The minimum absolute atomic E-state index is 0.170. The summed E-state index contributed by atoms with van der Waals surface area (Å²) in [6.45, 7) is 0. The zero-order valence-corrected chi connectivity index (χ0v) is 12.4. The molecule has 21 heavy (non-hydrogen) atoms. The highest BCUT2D eigenvalue weighted by molar-refractivity contribution is 9.10. The molecule has 0 fully saturated rings. The summed E-state index contributed by atoms with van der Waals surface area (Å²) >= 11 is 2.98. The lowest BCUT2D eigenvalue weighted by Gasteiger charge is -2.09. The first-order valence-corrected chi connectivity index (χ1v) is 6.65. The number of benzene rings is 2. The van der Waals surface area contributed by atoms with Crippen LogP contribution in [0.4, 0.5) is 24.5 Å². The van der Waals surface area contributed by atoms with Gasteiger partial charge in [0, 0.05) is 18.3 Å². The zero-order chi connectivity index (χ0) is 15.6. The molecule has 0 radical (unpaired) electrons. The number of rotatable bonds is 3. The number of carbonyl (C=O) groups is 1. The predicted molar refractivity (Wildman–Crippen MR) is 78.0 cm³/mol. The Balaban J connectivity index is 2.26. The van der Waals surface area contributed by atoms with Gasteiger partial charge in [-0.15, -0.1) is 0 Å². The lowest BCUT2D eigenvalue weighted by Crippen LogP contribution is -2.13. The van der Waals surface area contributed by atoms with E-state index in [4.69, 9.17) is 0 Å². The van der Waals surface area contributed by atoms with Gasteiger partial charge in [-0.3, -0.25) is 4.79 Å². The molecule has 0 aliphatic rings. The van der Waals surface area contributed by atoms with Crippen molar-refractivity contribution in [1.82, 2.24) is 0 Å². The van der Waals surface area contributed by atoms with Crippen LogP contribution in [0.5, 0.6) is 0 Å². The van der Waals surface area contributed by atoms with Crippen molar-refractivity contribution in [3.8, 4) is 0 Å². The Kier molecular flexibility index (Phi) is 4.52. The first kappa shape index (κ1) is 15.4. The molecular weight excluding hydrogens is 349 g/mol. The van der Waals surface area contributed by atoms with Crippen LogP contribution in [-0.4, -0.2) is 13.0 Å². The van der Waals surface area contributed by atoms with E-state index in [2.05, 4.69) is 26.6 Å². The highest BCUT2D eigenvalue weighted by Crippen LogP contribution is 2.23. The van der Waals surface area contributed by atoms with Crippen LogP contribution in [0.15, 0.2) is 34.8 Å². The van der Waals surface area contributed by atoms with Crippen molar-refractivity contribution in [3.63, 3.8) is 0 Å². The van der Waals surface area contributed by atoms with Crippen LogP contribution in [0.2, 0.25) is 0 Å². The van der Waals surface area contributed by atoms with Gasteiger partial charge in [0.05, 0.1) is 4.47 Å². The molecule has 1 amide bonds. The summed E-state index contributed by atoms with van der Waals surface area (Å²) in [6.07, 6.45) is 0. The summed E-state index contributed by atoms with van der Waals surface area (Å²) < 4.78 is 40.4. The van der Waals surface area contributed by atoms with Gasteiger partial charge in [0.2, 0.25) is 0 Å². The van der Waals surface area contributed by atoms with E-state index in [1.807, 2.05) is 0 Å². The maximum absolute atomic E-state index is 13.6. The van der Waals surface area contributed by atoms with Crippen molar-refractivity contribution in [2.24, 2.45) is 0 Å². The van der Waals surface area contributed by atoms with Crippen LogP contribution in [0.3, 0.4) is 0 Å². The highest BCUT2D eigenvalue weighted by Gasteiger charge is 2.14. The molecular formula is C14H10BrF3N2O. The monoisotopic (exact) mass is 358 g/mol. The molecule has 0 atom stereocenters. The third kappa shape index (κ3) is 3.36. The van der Waals surface area contributed by atoms with Gasteiger partial charge in [-0.05, 0) is 46.3 Å². The van der Waals surface area contributed by atoms with E-state index >= 15 is 0 Å². The largest absolute Gasteiger partial charge is 0.383 e. The molecule has 0 aliphatic heterocycles. The maximum Gasteiger partial charge on any atom is 0.255 e. The van der Waals surface area contributed by atoms with Crippen LogP contribution >= 0.6 is 15.9 Å². The van der Waals surface area contributed by atoms with E-state index in [1.165, 1.54) is 19.2 Å². The summed E-state index contributed by atoms with van der Waals surface area (Å²) in [4.78, 5) is 11.9. The Hall–Kier alpha value is -2.02. The first-order valence-electron chi connectivity index (χ1n) is 5.85. The highest BCUT2D eigenvalue weighted by atomic mass is 79.9. The molecule has 110 valence electrons. The summed E-state index contributed by atoms with van der Waals surface area (Å²) in [6, 6.07) is 5.69. The molecule has 0 bridgehead atoms. The Bertz CT molecular complexity index is 684. The van der Waals surface area contributed by atoms with E-state index in [9.17, 15) is 18.0 Å². The van der Waals surface area contributed by atoms with Crippen molar-refractivity contribution in [1.29, 1.82) is 0 Å². The molecule has 0 heterocycles. The van der Waals surface area contributed by atoms with Gasteiger partial charge in [0.25, 0.3) is 5.91 Å². The van der Waals surface area contributed by atoms with Gasteiger partial charge in [-0.2, -0.15) is 0 Å². The van der Waals surface area contributed by atoms with Crippen LogP contribution in [-0.2, 0) is 0 Å². The van der Waals surface area contributed by atoms with Gasteiger partial charge >= 0.3 is 0 Å². The smallest absolute Gasteiger partial charge is 0.255 e. The normalized spacial score (nSPS) is 10.3. The minimum atomic E-state index is -0.872. The van der Waals surface area contributed by atoms with E-state index in [0.717, 1.165) is 18.2 Å². The number of anilines is 2. The number of halogens is 4. The van der Waals surface area contributed by atoms with E-state index in [-0.39, 0.29) is 15.7 Å². The van der Waals surface area contributed by atoms with Crippen LogP contribution < -0.4 is 10.6 Å². The lowest BCUT2D eigenvalue weighted by molar-refractivity contribution is 0.102. The number of amides is 1. The quantitative estimate of drug-likeness (QED) is 0.864. The predicted octanol–water partition coefficient (Wildman–Crippen LogP) is 4.16. The molecule has 0 unspecified atom stereocenters. The van der Waals surface area contributed by atoms with E-state index in [0.29, 0.717) is 5.69 Å². The van der Waals surface area contributed by atoms with Gasteiger partial charge in [0.15, 0.2) is 0 Å². The molecule has 0 spiro atoms. The van der Waals surface area contributed by atoms with Gasteiger partial charge in [-0.25, -0.2) is 13.2 Å². The fraction of sp³-hybridized carbons (Fsp3) is 0.0714. The molecule has 0 aromatic heterocycles. The fourth-order valence-corrected chi connectivity index (χ4v) is 2.10. The first-order chi connectivity index (χ1) is 9.92. The van der Waals surface area contributed by atoms with Crippen LogP contribution in [0, 0.1) is 17.5 Å². The summed E-state index contributed by atoms with van der Waals surface area (Å²) in [5.74, 6) is -2.93. The number of hydrogen-bond acceptors (Lipinski definition) is 2. The molecule has 7 heteroatoms. The molecule has 2 aromatic rings. The topological polar surface area (TPSA) is 41.1 Å². The van der Waals surface area contributed by atoms with Gasteiger partial charge in [-0.1, -0.05) is 0 Å². The van der Waals surface area contributed by atoms with Crippen molar-refractivity contribution in [2.75, 3.05) is 17.7 Å². The summed E-state index contributed by atoms with van der Waals surface area (Å²) in [7, 11) is 1.37. The Labute approximate surface area is 127 Å². The maximum atomic E-state index is 13.6. The lowest BCUT2D eigenvalue weighted by atomic mass is 10.1. The third-order valence-corrected chi connectivity index (χ3v) is 3.34. The number of nitrogens with one attached hydrogen (secondary N) is 2. The molecule has 2 aromatic carbocycles. The Morgan fingerprint density at radius 3 is 2.19 bits per heavy atom. The molecule has 3 nitrogen and oxygen atoms in total. The second-order valence-electron chi connectivity index (χ2n) is 4.15. The minimum Gasteiger partial charge on any atom is -0.383 e. The molecule has 2 N–H and O–H groups in total. The van der Waals surface area contributed by atoms with Crippen LogP contribution in [0.25, 0.3) is 0 Å². The average Bonchev–Trinajstić information content (AvgIpc) is 2.42. The van der Waals surface area contributed by atoms with Gasteiger partial charge < -0.3 is 10.6 Å². The number of hydrogen-bond donors (Lipinski definition) is 2. The zero-order valence-electron chi connectivity index (χ0n) is 10.8. The average molecular weight is 359 g/mol. The van der Waals surface area contributed by atoms with Crippen LogP contribution in [0.1, 0.15) is 10.4 Å². The Morgan fingerprint density at radius 1 is 1.05 bits per heavy atom. The third-order valence-electron chi connectivity index (χ3n) is 2.73. The summed E-state index contributed by atoms with van der Waals surface area (Å²) in [5, 5.41) is 4.79. The molecule has 0 aliphatic carbocycles. The summed E-state index contributed by atoms with van der Waals surface area (Å²) in [5.41, 5.74) is -0.188. The Morgan fingerprint density at radius 2 is 1.67 bits per heavy atom. The van der Waals surface area contributed by atoms with Crippen molar-refractivity contribution in [2.45, 2.75) is 0 Å². The van der Waals surface area contributed by atoms with Gasteiger partial charge in [0.1, 0.15) is 23.1 Å². The number of carbonyl (C=O) groups excluding carboxylic acids is 1. The fourth-order valence-electron chi connectivity index (χ4n) is 1.72. The second kappa shape index (κ2) is 6.17. The SMILES string of the molecule is CNc1c(F)cc(C(=O)Nc2ccc(F)c(Br)c2)cc1F.